The number of likely N-dealkylation sites (tertiary alicyclic amines) is 1. The fourth-order valence-electron chi connectivity index (χ4n) is 2.23. The second-order valence-electron chi connectivity index (χ2n) is 4.35. The number of aromatic hydroxyl groups is 1. The molecule has 0 radical (unpaired) electrons. The number of methoxy groups -OCH3 is 2. The summed E-state index contributed by atoms with van der Waals surface area (Å²) in [5.41, 5.74) is 0.904. The number of phenolic OH excluding ortho intramolecular Hbond substituents is 1. The molecule has 4 nitrogen and oxygen atoms in total. The van der Waals surface area contributed by atoms with Crippen LogP contribution in [0, 0.1) is 0 Å². The highest BCUT2D eigenvalue weighted by molar-refractivity contribution is 5.45. The minimum atomic E-state index is 0.246. The summed E-state index contributed by atoms with van der Waals surface area (Å²) in [6, 6.07) is 5.59. The van der Waals surface area contributed by atoms with Gasteiger partial charge in [0, 0.05) is 32.3 Å². The fraction of sp³-hybridized carbons (Fsp3) is 0.538. The zero-order chi connectivity index (χ0) is 12.3. The van der Waals surface area contributed by atoms with Gasteiger partial charge in [-0.05, 0) is 12.5 Å². The van der Waals surface area contributed by atoms with Gasteiger partial charge in [-0.3, -0.25) is 4.90 Å². The van der Waals surface area contributed by atoms with E-state index in [2.05, 4.69) is 4.90 Å². The summed E-state index contributed by atoms with van der Waals surface area (Å²) in [5.74, 6) is 0.779. The highest BCUT2D eigenvalue weighted by atomic mass is 16.5. The van der Waals surface area contributed by atoms with E-state index in [1.807, 2.05) is 12.1 Å². The third-order valence-corrected chi connectivity index (χ3v) is 3.26. The molecule has 2 rings (SSSR count). The molecule has 0 amide bonds. The molecule has 0 aromatic heterocycles. The second kappa shape index (κ2) is 5.38. The maximum Gasteiger partial charge on any atom is 0.162 e. The number of nitrogens with zero attached hydrogens (tertiary/aromatic N) is 1. The van der Waals surface area contributed by atoms with Gasteiger partial charge in [-0.15, -0.1) is 0 Å². The lowest BCUT2D eigenvalue weighted by Crippen LogP contribution is -2.22. The van der Waals surface area contributed by atoms with Crippen LogP contribution >= 0.6 is 0 Å². The van der Waals surface area contributed by atoms with Crippen molar-refractivity contribution >= 4 is 0 Å². The molecule has 4 heteroatoms. The standard InChI is InChI=1S/C13H19NO3/c1-16-11-6-7-14(9-11)8-10-4-3-5-12(17-2)13(10)15/h3-5,11,15H,6-9H2,1-2H3. The van der Waals surface area contributed by atoms with E-state index in [0.717, 1.165) is 31.6 Å². The van der Waals surface area contributed by atoms with Crippen molar-refractivity contribution in [1.29, 1.82) is 0 Å². The van der Waals surface area contributed by atoms with Crippen LogP contribution in [0.4, 0.5) is 0 Å². The number of phenols is 1. The third kappa shape index (κ3) is 2.70. The monoisotopic (exact) mass is 237 g/mol. The van der Waals surface area contributed by atoms with Gasteiger partial charge in [0.25, 0.3) is 0 Å². The van der Waals surface area contributed by atoms with Gasteiger partial charge in [-0.1, -0.05) is 12.1 Å². The number of hydrogen-bond donors (Lipinski definition) is 1. The lowest BCUT2D eigenvalue weighted by molar-refractivity contribution is 0.107. The van der Waals surface area contributed by atoms with Crippen molar-refractivity contribution in [3.8, 4) is 11.5 Å². The predicted molar refractivity (Wildman–Crippen MR) is 65.3 cm³/mol. The SMILES string of the molecule is COc1cccc(CN2CCC(OC)C2)c1O. The number of para-hydroxylation sites is 1. The summed E-state index contributed by atoms with van der Waals surface area (Å²) in [4.78, 5) is 2.28. The smallest absolute Gasteiger partial charge is 0.162 e. The van der Waals surface area contributed by atoms with Crippen LogP contribution in [0.25, 0.3) is 0 Å². The topological polar surface area (TPSA) is 41.9 Å². The molecule has 17 heavy (non-hydrogen) atoms. The summed E-state index contributed by atoms with van der Waals surface area (Å²) in [6.45, 7) is 2.67. The fourth-order valence-corrected chi connectivity index (χ4v) is 2.23. The highest BCUT2D eigenvalue weighted by Gasteiger charge is 2.23. The normalized spacial score (nSPS) is 20.7. The largest absolute Gasteiger partial charge is 0.504 e. The van der Waals surface area contributed by atoms with Crippen LogP contribution in [0.1, 0.15) is 12.0 Å². The molecular formula is C13H19NO3. The molecule has 0 spiro atoms. The quantitative estimate of drug-likeness (QED) is 0.864. The van der Waals surface area contributed by atoms with Crippen LogP contribution in [0.2, 0.25) is 0 Å². The minimum Gasteiger partial charge on any atom is -0.504 e. The number of benzene rings is 1. The van der Waals surface area contributed by atoms with Crippen LogP contribution in [0.15, 0.2) is 18.2 Å². The lowest BCUT2D eigenvalue weighted by atomic mass is 10.2. The Hall–Kier alpha value is -1.26. The molecule has 1 aromatic rings. The van der Waals surface area contributed by atoms with E-state index in [9.17, 15) is 5.11 Å². The molecule has 1 aromatic carbocycles. The van der Waals surface area contributed by atoms with Gasteiger partial charge >= 0.3 is 0 Å². The molecule has 94 valence electrons. The van der Waals surface area contributed by atoms with Crippen molar-refractivity contribution in [2.24, 2.45) is 0 Å². The van der Waals surface area contributed by atoms with Crippen molar-refractivity contribution in [3.05, 3.63) is 23.8 Å². The molecule has 1 atom stereocenters. The van der Waals surface area contributed by atoms with E-state index in [0.29, 0.717) is 11.9 Å². The number of rotatable bonds is 4. The average molecular weight is 237 g/mol. The minimum absolute atomic E-state index is 0.246. The first kappa shape index (κ1) is 12.2. The molecule has 1 fully saturated rings. The lowest BCUT2D eigenvalue weighted by Gasteiger charge is -2.17. The van der Waals surface area contributed by atoms with E-state index < -0.39 is 0 Å². The van der Waals surface area contributed by atoms with Gasteiger partial charge < -0.3 is 14.6 Å². The first-order valence-corrected chi connectivity index (χ1v) is 5.84. The molecule has 0 bridgehead atoms. The maximum atomic E-state index is 9.99. The molecular weight excluding hydrogens is 218 g/mol. The van der Waals surface area contributed by atoms with Crippen LogP contribution in [0.5, 0.6) is 11.5 Å². The van der Waals surface area contributed by atoms with Gasteiger partial charge in [0.1, 0.15) is 0 Å². The van der Waals surface area contributed by atoms with E-state index in [-0.39, 0.29) is 5.75 Å². The summed E-state index contributed by atoms with van der Waals surface area (Å²) in [6.07, 6.45) is 1.38. The Morgan fingerprint density at radius 2 is 2.24 bits per heavy atom. The molecule has 0 saturated carbocycles. The molecule has 1 saturated heterocycles. The van der Waals surface area contributed by atoms with Crippen molar-refractivity contribution in [2.45, 2.75) is 19.1 Å². The van der Waals surface area contributed by atoms with Gasteiger partial charge in [0.15, 0.2) is 11.5 Å². The number of ether oxygens (including phenoxy) is 2. The average Bonchev–Trinajstić information content (AvgIpc) is 2.79. The maximum absolute atomic E-state index is 9.99. The Morgan fingerprint density at radius 1 is 1.41 bits per heavy atom. The van der Waals surface area contributed by atoms with Crippen LogP contribution in [-0.4, -0.2) is 43.4 Å². The number of hydrogen-bond acceptors (Lipinski definition) is 4. The van der Waals surface area contributed by atoms with Crippen LogP contribution in [-0.2, 0) is 11.3 Å². The zero-order valence-corrected chi connectivity index (χ0v) is 10.3. The van der Waals surface area contributed by atoms with Crippen LogP contribution < -0.4 is 4.74 Å². The van der Waals surface area contributed by atoms with Crippen molar-refractivity contribution in [2.75, 3.05) is 27.3 Å². The first-order chi connectivity index (χ1) is 8.24. The summed E-state index contributed by atoms with van der Waals surface area (Å²) in [5, 5.41) is 9.99. The van der Waals surface area contributed by atoms with Gasteiger partial charge in [0.05, 0.1) is 13.2 Å². The molecule has 1 N–H and O–H groups in total. The molecule has 1 aliphatic rings. The first-order valence-electron chi connectivity index (χ1n) is 5.84. The Bertz CT molecular complexity index is 381. The molecule has 1 aliphatic heterocycles. The van der Waals surface area contributed by atoms with E-state index in [1.54, 1.807) is 20.3 Å². The van der Waals surface area contributed by atoms with Crippen molar-refractivity contribution in [1.82, 2.24) is 4.90 Å². The summed E-state index contributed by atoms with van der Waals surface area (Å²) >= 11 is 0. The van der Waals surface area contributed by atoms with Gasteiger partial charge in [-0.25, -0.2) is 0 Å². The molecule has 1 unspecified atom stereocenters. The Labute approximate surface area is 102 Å². The molecule has 1 heterocycles. The zero-order valence-electron chi connectivity index (χ0n) is 10.3. The van der Waals surface area contributed by atoms with Crippen molar-refractivity contribution in [3.63, 3.8) is 0 Å². The van der Waals surface area contributed by atoms with Gasteiger partial charge in [0.2, 0.25) is 0 Å². The summed E-state index contributed by atoms with van der Waals surface area (Å²) in [7, 11) is 3.31. The van der Waals surface area contributed by atoms with Gasteiger partial charge in [-0.2, -0.15) is 0 Å². The van der Waals surface area contributed by atoms with E-state index >= 15 is 0 Å². The Kier molecular flexibility index (Phi) is 3.86. The Balaban J connectivity index is 2.04. The van der Waals surface area contributed by atoms with Crippen molar-refractivity contribution < 1.29 is 14.6 Å². The highest BCUT2D eigenvalue weighted by Crippen LogP contribution is 2.30. The van der Waals surface area contributed by atoms with E-state index in [1.165, 1.54) is 0 Å². The van der Waals surface area contributed by atoms with E-state index in [4.69, 9.17) is 9.47 Å². The van der Waals surface area contributed by atoms with Crippen LogP contribution in [0.3, 0.4) is 0 Å². The second-order valence-corrected chi connectivity index (χ2v) is 4.35. The third-order valence-electron chi connectivity index (χ3n) is 3.26. The predicted octanol–water partition coefficient (Wildman–Crippen LogP) is 1.62. The molecule has 0 aliphatic carbocycles. The Morgan fingerprint density at radius 3 is 2.88 bits per heavy atom. The summed E-state index contributed by atoms with van der Waals surface area (Å²) < 4.78 is 10.4.